The molecule has 1 N–H and O–H groups in total. The van der Waals surface area contributed by atoms with E-state index in [1.807, 2.05) is 0 Å². The largest absolute Gasteiger partial charge is 0.534 e. The van der Waals surface area contributed by atoms with Gasteiger partial charge in [-0.15, -0.1) is 0 Å². The summed E-state index contributed by atoms with van der Waals surface area (Å²) in [5.41, 5.74) is -6.44. The molecular formula is C20H23F3N2O9S. The maximum atomic E-state index is 12.8. The molecule has 15 heteroatoms. The number of ether oxygens (including phenoxy) is 3. The molecule has 0 aliphatic heterocycles. The molecule has 11 nitrogen and oxygen atoms in total. The normalized spacial score (nSPS) is 13.1. The lowest BCUT2D eigenvalue weighted by molar-refractivity contribution is -0.142. The van der Waals surface area contributed by atoms with Gasteiger partial charge in [0.2, 0.25) is 0 Å². The van der Waals surface area contributed by atoms with Gasteiger partial charge < -0.3 is 23.7 Å². The number of esters is 1. The van der Waals surface area contributed by atoms with E-state index < -0.39 is 51.2 Å². The molecule has 0 unspecified atom stereocenters. The molecule has 0 fully saturated rings. The third-order valence-electron chi connectivity index (χ3n) is 4.33. The van der Waals surface area contributed by atoms with Crippen LogP contribution in [-0.2, 0) is 35.5 Å². The summed E-state index contributed by atoms with van der Waals surface area (Å²) in [6.45, 7) is 4.74. The summed E-state index contributed by atoms with van der Waals surface area (Å²) in [5, 5.41) is 2.51. The molecule has 1 aromatic heterocycles. The first-order valence-electron chi connectivity index (χ1n) is 9.79. The van der Waals surface area contributed by atoms with E-state index in [9.17, 15) is 36.0 Å². The van der Waals surface area contributed by atoms with Crippen LogP contribution in [0.2, 0.25) is 0 Å². The van der Waals surface area contributed by atoms with Crippen LogP contribution in [0.1, 0.15) is 26.3 Å². The number of rotatable bonds is 6. The predicted octanol–water partition coefficient (Wildman–Crippen LogP) is 3.09. The Morgan fingerprint density at radius 2 is 1.71 bits per heavy atom. The number of nitrogens with one attached hydrogen (secondary N) is 1. The minimum Gasteiger partial charge on any atom is -0.467 e. The highest BCUT2D eigenvalue weighted by Gasteiger charge is 2.48. The van der Waals surface area contributed by atoms with Crippen LogP contribution in [0.4, 0.5) is 22.8 Å². The van der Waals surface area contributed by atoms with Crippen LogP contribution in [0, 0.1) is 0 Å². The van der Waals surface area contributed by atoms with Crippen molar-refractivity contribution in [1.29, 1.82) is 0 Å². The third-order valence-corrected chi connectivity index (χ3v) is 5.31. The second kappa shape index (κ2) is 10.0. The number of benzene rings is 1. The lowest BCUT2D eigenvalue weighted by atomic mass is 10.0. The molecule has 0 bridgehead atoms. The van der Waals surface area contributed by atoms with E-state index in [0.717, 1.165) is 30.9 Å². The molecule has 2 aromatic rings. The summed E-state index contributed by atoms with van der Waals surface area (Å²) in [4.78, 5) is 36.6. The first-order valence-corrected chi connectivity index (χ1v) is 11.2. The Morgan fingerprint density at radius 3 is 2.23 bits per heavy atom. The molecule has 0 aliphatic carbocycles. The molecule has 1 amide bonds. The topological polar surface area (TPSA) is 139 Å². The Hall–Kier alpha value is -3.49. The summed E-state index contributed by atoms with van der Waals surface area (Å²) in [6, 6.07) is 1.77. The zero-order chi connectivity index (χ0) is 26.8. The van der Waals surface area contributed by atoms with Gasteiger partial charge in [-0.05, 0) is 38.5 Å². The molecule has 1 aromatic carbocycles. The Morgan fingerprint density at radius 1 is 1.09 bits per heavy atom. The molecule has 0 saturated carbocycles. The number of hydrogen-bond donors (Lipinski definition) is 1. The number of fused-ring (bicyclic) bond motifs is 1. The molecule has 1 atom stereocenters. The van der Waals surface area contributed by atoms with E-state index in [1.165, 1.54) is 12.3 Å². The number of alkyl carbamates (subject to hydrolysis) is 1. The van der Waals surface area contributed by atoms with Crippen molar-refractivity contribution in [3.63, 3.8) is 0 Å². The first-order chi connectivity index (χ1) is 16.0. The Labute approximate surface area is 198 Å². The van der Waals surface area contributed by atoms with E-state index >= 15 is 0 Å². The quantitative estimate of drug-likeness (QED) is 0.261. The zero-order valence-electron chi connectivity index (χ0n) is 19.3. The number of aromatic nitrogens is 1. The van der Waals surface area contributed by atoms with Crippen molar-refractivity contribution in [2.45, 2.75) is 44.3 Å². The highest BCUT2D eigenvalue weighted by Crippen LogP contribution is 2.31. The Kier molecular flexibility index (Phi) is 7.94. The van der Waals surface area contributed by atoms with Gasteiger partial charge in [0.15, 0.2) is 0 Å². The van der Waals surface area contributed by atoms with E-state index in [1.54, 1.807) is 20.8 Å². The summed E-state index contributed by atoms with van der Waals surface area (Å²) < 4.78 is 80.5. The number of alkyl halides is 3. The molecule has 0 spiro atoms. The lowest BCUT2D eigenvalue weighted by Gasteiger charge is -2.19. The summed E-state index contributed by atoms with van der Waals surface area (Å²) in [5.74, 6) is -1.56. The SMILES string of the molecule is COC(=O)N[C@H](Cc1cn(C(=O)OC(C)(C)C)c2cc(OS(=O)(=O)C(F)(F)F)ccc12)C(=O)OC. The average molecular weight is 524 g/mol. The number of nitrogens with zero attached hydrogens (tertiary/aromatic N) is 1. The molecule has 194 valence electrons. The lowest BCUT2D eigenvalue weighted by Crippen LogP contribution is -2.43. The Balaban J connectivity index is 2.61. The van der Waals surface area contributed by atoms with E-state index in [4.69, 9.17) is 4.74 Å². The third kappa shape index (κ3) is 6.77. The van der Waals surface area contributed by atoms with Crippen molar-refractivity contribution in [2.24, 2.45) is 0 Å². The van der Waals surface area contributed by atoms with Gasteiger partial charge in [0.1, 0.15) is 17.4 Å². The molecule has 0 aliphatic rings. The predicted molar refractivity (Wildman–Crippen MR) is 114 cm³/mol. The van der Waals surface area contributed by atoms with Gasteiger partial charge in [-0.3, -0.25) is 4.57 Å². The highest BCUT2D eigenvalue weighted by atomic mass is 32.2. The molecule has 35 heavy (non-hydrogen) atoms. The minimum absolute atomic E-state index is 0.0780. The van der Waals surface area contributed by atoms with Crippen molar-refractivity contribution in [1.82, 2.24) is 9.88 Å². The number of methoxy groups -OCH3 is 2. The van der Waals surface area contributed by atoms with Gasteiger partial charge in [0.05, 0.1) is 19.7 Å². The average Bonchev–Trinajstić information content (AvgIpc) is 3.08. The van der Waals surface area contributed by atoms with Crippen LogP contribution < -0.4 is 9.50 Å². The number of amides is 1. The van der Waals surface area contributed by atoms with Gasteiger partial charge >= 0.3 is 33.8 Å². The number of hydrogen-bond acceptors (Lipinski definition) is 9. The van der Waals surface area contributed by atoms with Crippen molar-refractivity contribution < 1.29 is 54.4 Å². The van der Waals surface area contributed by atoms with E-state index in [0.29, 0.717) is 0 Å². The number of carbonyl (C=O) groups is 3. The van der Waals surface area contributed by atoms with E-state index in [-0.39, 0.29) is 22.9 Å². The van der Waals surface area contributed by atoms with Crippen LogP contribution in [0.25, 0.3) is 10.9 Å². The highest BCUT2D eigenvalue weighted by molar-refractivity contribution is 7.88. The molecule has 0 radical (unpaired) electrons. The van der Waals surface area contributed by atoms with Crippen LogP contribution >= 0.6 is 0 Å². The number of carbonyl (C=O) groups excluding carboxylic acids is 3. The summed E-state index contributed by atoms with van der Waals surface area (Å²) in [7, 11) is -3.81. The van der Waals surface area contributed by atoms with Crippen molar-refractivity contribution in [3.8, 4) is 5.75 Å². The summed E-state index contributed by atoms with van der Waals surface area (Å²) in [6.07, 6.45) is -0.880. The standard InChI is InChI=1S/C20H23F3N2O9S/c1-19(2,3)33-18(28)25-10-11(8-14(16(26)31-4)24-17(27)32-5)13-7-6-12(9-15(13)25)34-35(29,30)20(21,22)23/h6-7,9-10,14H,8H2,1-5H3,(H,24,27)/t14-/m1/s1. The zero-order valence-corrected chi connectivity index (χ0v) is 20.1. The van der Waals surface area contributed by atoms with Crippen LogP contribution in [0.5, 0.6) is 5.75 Å². The minimum atomic E-state index is -5.97. The molecular weight excluding hydrogens is 501 g/mol. The molecule has 0 saturated heterocycles. The fourth-order valence-electron chi connectivity index (χ4n) is 2.88. The van der Waals surface area contributed by atoms with Crippen molar-refractivity contribution in [2.75, 3.05) is 14.2 Å². The van der Waals surface area contributed by atoms with Crippen molar-refractivity contribution in [3.05, 3.63) is 30.0 Å². The van der Waals surface area contributed by atoms with Crippen LogP contribution in [0.15, 0.2) is 24.4 Å². The van der Waals surface area contributed by atoms with Gasteiger partial charge in [0.25, 0.3) is 0 Å². The number of halogens is 3. The maximum Gasteiger partial charge on any atom is 0.534 e. The van der Waals surface area contributed by atoms with Crippen LogP contribution in [0.3, 0.4) is 0 Å². The smallest absolute Gasteiger partial charge is 0.467 e. The van der Waals surface area contributed by atoms with Gasteiger partial charge in [0, 0.05) is 24.1 Å². The second-order valence-corrected chi connectivity index (χ2v) is 9.62. The van der Waals surface area contributed by atoms with Gasteiger partial charge in [-0.1, -0.05) is 0 Å². The molecule has 2 rings (SSSR count). The van der Waals surface area contributed by atoms with Gasteiger partial charge in [-0.25, -0.2) is 14.4 Å². The fourth-order valence-corrected chi connectivity index (χ4v) is 3.34. The summed E-state index contributed by atoms with van der Waals surface area (Å²) >= 11 is 0. The first kappa shape index (κ1) is 27.8. The Bertz CT molecular complexity index is 1230. The monoisotopic (exact) mass is 524 g/mol. The maximum absolute atomic E-state index is 12.8. The second-order valence-electron chi connectivity index (χ2n) is 8.08. The van der Waals surface area contributed by atoms with Crippen LogP contribution in [-0.4, -0.2) is 62.5 Å². The van der Waals surface area contributed by atoms with Crippen molar-refractivity contribution >= 4 is 39.2 Å². The van der Waals surface area contributed by atoms with Gasteiger partial charge in [-0.2, -0.15) is 21.6 Å². The fraction of sp³-hybridized carbons (Fsp3) is 0.450. The van der Waals surface area contributed by atoms with E-state index in [2.05, 4.69) is 19.0 Å². The molecule has 1 heterocycles.